The van der Waals surface area contributed by atoms with Crippen LogP contribution in [0.3, 0.4) is 0 Å². The number of ether oxygens (including phenoxy) is 2. The Morgan fingerprint density at radius 3 is 2.51 bits per heavy atom. The zero-order valence-electron chi connectivity index (χ0n) is 19.0. The molecule has 13 heteroatoms. The molecule has 37 heavy (non-hydrogen) atoms. The second-order valence-electron chi connectivity index (χ2n) is 7.86. The maximum Gasteiger partial charge on any atom is 0.435 e. The van der Waals surface area contributed by atoms with Gasteiger partial charge in [-0.1, -0.05) is 36.4 Å². The van der Waals surface area contributed by atoms with Crippen LogP contribution in [0.15, 0.2) is 57.7 Å². The number of rotatable bonds is 7. The summed E-state index contributed by atoms with van der Waals surface area (Å²) in [4.78, 5) is 20.6. The first kappa shape index (κ1) is 24.4. The van der Waals surface area contributed by atoms with Gasteiger partial charge in [-0.2, -0.15) is 22.8 Å². The molecule has 3 aromatic heterocycles. The highest BCUT2D eigenvalue weighted by Gasteiger charge is 2.39. The van der Waals surface area contributed by atoms with Crippen LogP contribution < -0.4 is 10.3 Å². The maximum absolute atomic E-state index is 14.0. The summed E-state index contributed by atoms with van der Waals surface area (Å²) in [5, 5.41) is 3.58. The van der Waals surface area contributed by atoms with Gasteiger partial charge in [0.15, 0.2) is 16.8 Å². The first-order valence-corrected chi connectivity index (χ1v) is 10.8. The minimum absolute atomic E-state index is 0.116. The van der Waals surface area contributed by atoms with Crippen LogP contribution in [0.5, 0.6) is 5.75 Å². The summed E-state index contributed by atoms with van der Waals surface area (Å²) in [7, 11) is 1.40. The number of halogens is 5. The van der Waals surface area contributed by atoms with Gasteiger partial charge >= 0.3 is 6.18 Å². The highest BCUT2D eigenvalue weighted by molar-refractivity contribution is 5.84. The standard InChI is InChI=1S/C24H17F5N4O4/c1-35-14-8-5-9-15-19(14)31-22(37-15)18-13(10-36-11-16(25)26)30-21-17(12-6-3-2-4-7-12)20(24(27,28)29)32-33(21)23(18)34/h2-9,16,30H,10-11H2,1H3. The third kappa shape index (κ3) is 4.42. The average Bonchev–Trinajstić information content (AvgIpc) is 3.46. The van der Waals surface area contributed by atoms with Crippen LogP contribution in [0.4, 0.5) is 22.0 Å². The number of para-hydroxylation sites is 1. The van der Waals surface area contributed by atoms with Crippen molar-refractivity contribution in [1.29, 1.82) is 0 Å². The van der Waals surface area contributed by atoms with Gasteiger partial charge < -0.3 is 18.9 Å². The molecule has 1 N–H and O–H groups in total. The second-order valence-corrected chi connectivity index (χ2v) is 7.86. The van der Waals surface area contributed by atoms with Crippen molar-refractivity contribution in [1.82, 2.24) is 19.6 Å². The van der Waals surface area contributed by atoms with Gasteiger partial charge in [-0.15, -0.1) is 0 Å². The fraction of sp³-hybridized carbons (Fsp3) is 0.208. The van der Waals surface area contributed by atoms with Crippen molar-refractivity contribution in [3.63, 3.8) is 0 Å². The topological polar surface area (TPSA) is 94.6 Å². The smallest absolute Gasteiger partial charge is 0.435 e. The molecule has 0 saturated carbocycles. The Morgan fingerprint density at radius 2 is 1.84 bits per heavy atom. The first-order valence-electron chi connectivity index (χ1n) is 10.8. The lowest BCUT2D eigenvalue weighted by Gasteiger charge is -2.10. The Balaban J connectivity index is 1.81. The molecule has 0 saturated heterocycles. The predicted molar refractivity (Wildman–Crippen MR) is 121 cm³/mol. The van der Waals surface area contributed by atoms with E-state index in [0.717, 1.165) is 0 Å². The fourth-order valence-electron chi connectivity index (χ4n) is 3.97. The minimum atomic E-state index is -4.91. The molecule has 0 amide bonds. The number of alkyl halides is 5. The summed E-state index contributed by atoms with van der Waals surface area (Å²) in [6.45, 7) is -1.53. The highest BCUT2D eigenvalue weighted by atomic mass is 19.4. The monoisotopic (exact) mass is 520 g/mol. The number of benzene rings is 2. The summed E-state index contributed by atoms with van der Waals surface area (Å²) in [5.41, 5.74) is -2.81. The Morgan fingerprint density at radius 1 is 1.08 bits per heavy atom. The molecule has 5 aromatic rings. The maximum atomic E-state index is 14.0. The van der Waals surface area contributed by atoms with E-state index in [4.69, 9.17) is 13.9 Å². The highest BCUT2D eigenvalue weighted by Crippen LogP contribution is 2.39. The van der Waals surface area contributed by atoms with Crippen molar-refractivity contribution in [2.24, 2.45) is 0 Å². The lowest BCUT2D eigenvalue weighted by Crippen LogP contribution is -2.21. The molecule has 0 bridgehead atoms. The number of H-pyrrole nitrogens is 1. The van der Waals surface area contributed by atoms with Crippen LogP contribution >= 0.6 is 0 Å². The molecule has 0 fully saturated rings. The second kappa shape index (κ2) is 9.32. The molecule has 5 rings (SSSR count). The van der Waals surface area contributed by atoms with Gasteiger partial charge in [-0.25, -0.2) is 13.8 Å². The van der Waals surface area contributed by atoms with Crippen molar-refractivity contribution in [3.8, 4) is 28.3 Å². The van der Waals surface area contributed by atoms with Crippen molar-refractivity contribution in [2.75, 3.05) is 13.7 Å². The predicted octanol–water partition coefficient (Wildman–Crippen LogP) is 5.31. The van der Waals surface area contributed by atoms with E-state index in [9.17, 15) is 26.7 Å². The Hall–Kier alpha value is -4.26. The van der Waals surface area contributed by atoms with Crippen LogP contribution in [-0.2, 0) is 17.5 Å². The van der Waals surface area contributed by atoms with E-state index in [1.807, 2.05) is 0 Å². The molecule has 0 spiro atoms. The number of oxazole rings is 1. The molecule has 2 aromatic carbocycles. The van der Waals surface area contributed by atoms with Crippen LogP contribution in [-0.4, -0.2) is 39.7 Å². The third-order valence-corrected chi connectivity index (χ3v) is 5.50. The van der Waals surface area contributed by atoms with Gasteiger partial charge in [-0.05, 0) is 17.7 Å². The number of hydrogen-bond donors (Lipinski definition) is 1. The Kier molecular flexibility index (Phi) is 6.15. The number of fused-ring (bicyclic) bond motifs is 2. The molecule has 192 valence electrons. The number of nitrogens with one attached hydrogen (secondary N) is 1. The van der Waals surface area contributed by atoms with E-state index in [1.54, 1.807) is 24.3 Å². The van der Waals surface area contributed by atoms with Gasteiger partial charge in [0.2, 0.25) is 5.89 Å². The van der Waals surface area contributed by atoms with Crippen LogP contribution in [0.1, 0.15) is 11.4 Å². The van der Waals surface area contributed by atoms with E-state index >= 15 is 0 Å². The van der Waals surface area contributed by atoms with E-state index in [0.29, 0.717) is 10.3 Å². The summed E-state index contributed by atoms with van der Waals surface area (Å²) < 4.78 is 84.0. The molecule has 0 aliphatic carbocycles. The molecular weight excluding hydrogens is 503 g/mol. The normalized spacial score (nSPS) is 12.2. The molecule has 3 heterocycles. The average molecular weight is 520 g/mol. The van der Waals surface area contributed by atoms with Crippen LogP contribution in [0.25, 0.3) is 39.3 Å². The zero-order chi connectivity index (χ0) is 26.3. The largest absolute Gasteiger partial charge is 0.494 e. The van der Waals surface area contributed by atoms with E-state index < -0.39 is 37.1 Å². The summed E-state index contributed by atoms with van der Waals surface area (Å²) in [6, 6.07) is 12.3. The molecular formula is C24H17F5N4O4. The number of aromatic nitrogens is 4. The molecule has 0 radical (unpaired) electrons. The molecule has 8 nitrogen and oxygen atoms in total. The number of hydrogen-bond acceptors (Lipinski definition) is 6. The summed E-state index contributed by atoms with van der Waals surface area (Å²) in [6.07, 6.45) is -7.71. The van der Waals surface area contributed by atoms with Gasteiger partial charge in [0.1, 0.15) is 23.6 Å². The van der Waals surface area contributed by atoms with Crippen LogP contribution in [0.2, 0.25) is 0 Å². The lowest BCUT2D eigenvalue weighted by molar-refractivity contribution is -0.140. The van der Waals surface area contributed by atoms with Crippen LogP contribution in [0, 0.1) is 0 Å². The van der Waals surface area contributed by atoms with Gasteiger partial charge in [0, 0.05) is 0 Å². The van der Waals surface area contributed by atoms with Crippen molar-refractivity contribution in [3.05, 3.63) is 70.3 Å². The number of methoxy groups -OCH3 is 1. The van der Waals surface area contributed by atoms with E-state index in [-0.39, 0.29) is 45.0 Å². The summed E-state index contributed by atoms with van der Waals surface area (Å²) in [5.74, 6) is 0.0499. The van der Waals surface area contributed by atoms with Gasteiger partial charge in [0.25, 0.3) is 12.0 Å². The van der Waals surface area contributed by atoms with E-state index in [1.165, 1.54) is 31.4 Å². The van der Waals surface area contributed by atoms with Crippen molar-refractivity contribution in [2.45, 2.75) is 19.2 Å². The summed E-state index contributed by atoms with van der Waals surface area (Å²) >= 11 is 0. The molecule has 0 aliphatic heterocycles. The number of aromatic amines is 1. The molecule has 0 unspecified atom stereocenters. The quantitative estimate of drug-likeness (QED) is 0.293. The Bertz CT molecular complexity index is 1640. The van der Waals surface area contributed by atoms with Crippen molar-refractivity contribution < 1.29 is 35.8 Å². The van der Waals surface area contributed by atoms with Gasteiger partial charge in [-0.3, -0.25) is 4.79 Å². The zero-order valence-corrected chi connectivity index (χ0v) is 19.0. The SMILES string of the molecule is COc1cccc2oc(-c3c(COCC(F)F)[nH]c4c(-c5ccccc5)c(C(F)(F)F)nn4c3=O)nc12. The third-order valence-electron chi connectivity index (χ3n) is 5.50. The Labute approximate surface area is 204 Å². The molecule has 0 atom stereocenters. The minimum Gasteiger partial charge on any atom is -0.494 e. The van der Waals surface area contributed by atoms with Crippen molar-refractivity contribution >= 4 is 16.7 Å². The fourth-order valence-corrected chi connectivity index (χ4v) is 3.97. The van der Waals surface area contributed by atoms with Gasteiger partial charge in [0.05, 0.1) is 25.0 Å². The molecule has 0 aliphatic rings. The number of nitrogens with zero attached hydrogens (tertiary/aromatic N) is 3. The first-order chi connectivity index (χ1) is 17.7. The van der Waals surface area contributed by atoms with E-state index in [2.05, 4.69) is 15.1 Å². The lowest BCUT2D eigenvalue weighted by atomic mass is 10.1.